The molecule has 1 aromatic heterocycles. The van der Waals surface area contributed by atoms with Crippen LogP contribution in [0.1, 0.15) is 59.5 Å². The van der Waals surface area contributed by atoms with Crippen LogP contribution in [0.2, 0.25) is 0 Å². The Balaban J connectivity index is 1.51. The van der Waals surface area contributed by atoms with Gasteiger partial charge in [0.25, 0.3) is 0 Å². The number of carbonyl (C=O) groups excluding carboxylic acids is 3. The number of aliphatic imine (C=N–C) groups is 1. The van der Waals surface area contributed by atoms with E-state index in [1.165, 1.54) is 11.3 Å². The number of aromatic nitrogens is 1. The summed E-state index contributed by atoms with van der Waals surface area (Å²) in [7, 11) is 0. The highest BCUT2D eigenvalue weighted by molar-refractivity contribution is 7.11. The van der Waals surface area contributed by atoms with E-state index in [4.69, 9.17) is 22.6 Å². The second kappa shape index (κ2) is 14.2. The summed E-state index contributed by atoms with van der Waals surface area (Å²) in [5.41, 5.74) is 18.1. The third-order valence-electron chi connectivity index (χ3n) is 6.50. The highest BCUT2D eigenvalue weighted by Gasteiger charge is 2.31. The van der Waals surface area contributed by atoms with E-state index in [1.54, 1.807) is 16.5 Å². The van der Waals surface area contributed by atoms with E-state index in [2.05, 4.69) is 15.3 Å². The minimum Gasteiger partial charge on any atom is -0.384 e. The maximum atomic E-state index is 13.1. The molecule has 2 amide bonds. The van der Waals surface area contributed by atoms with Gasteiger partial charge >= 0.3 is 0 Å². The van der Waals surface area contributed by atoms with Gasteiger partial charge in [-0.15, -0.1) is 11.3 Å². The molecule has 1 aromatic carbocycles. The molecular formula is C26H36N8O3S. The number of nitrogens with zero attached hydrogens (tertiary/aromatic N) is 3. The summed E-state index contributed by atoms with van der Waals surface area (Å²) in [6.45, 7) is 0.773. The number of likely N-dealkylation sites (tertiary alicyclic amines) is 1. The number of rotatable bonds is 14. The third-order valence-corrected chi connectivity index (χ3v) is 7.29. The van der Waals surface area contributed by atoms with Crippen LogP contribution in [-0.4, -0.2) is 65.0 Å². The first kappa shape index (κ1) is 28.8. The lowest BCUT2D eigenvalue weighted by Gasteiger charge is -2.32. The van der Waals surface area contributed by atoms with Crippen LogP contribution in [-0.2, 0) is 16.0 Å². The molecule has 1 aliphatic rings. The number of aryl methyl sites for hydroxylation is 1. The van der Waals surface area contributed by atoms with Gasteiger partial charge in [-0.05, 0) is 50.5 Å². The first-order valence-electron chi connectivity index (χ1n) is 12.7. The van der Waals surface area contributed by atoms with Crippen LogP contribution in [0.4, 0.5) is 0 Å². The summed E-state index contributed by atoms with van der Waals surface area (Å²) in [5, 5.41) is 12.3. The molecule has 0 aliphatic carbocycles. The number of carbonyl (C=O) groups is 3. The Morgan fingerprint density at radius 2 is 1.97 bits per heavy atom. The van der Waals surface area contributed by atoms with Gasteiger partial charge in [-0.2, -0.15) is 0 Å². The van der Waals surface area contributed by atoms with Crippen molar-refractivity contribution in [3.8, 4) is 0 Å². The molecule has 38 heavy (non-hydrogen) atoms. The van der Waals surface area contributed by atoms with E-state index in [1.807, 2.05) is 24.3 Å². The number of Topliss-reactive ketones (excluding diaryl/α,β-unsaturated/α-hetero) is 1. The summed E-state index contributed by atoms with van der Waals surface area (Å²) in [4.78, 5) is 48.5. The lowest BCUT2D eigenvalue weighted by Crippen LogP contribution is -2.49. The summed E-state index contributed by atoms with van der Waals surface area (Å²) in [6, 6.07) is 6.80. The topological polar surface area (TPSA) is 194 Å². The normalized spacial score (nSPS) is 16.1. The summed E-state index contributed by atoms with van der Waals surface area (Å²) in [6.07, 6.45) is 6.43. The number of hydrogen-bond acceptors (Lipinski definition) is 7. The van der Waals surface area contributed by atoms with Crippen LogP contribution in [0, 0.1) is 11.3 Å². The zero-order valence-corrected chi connectivity index (χ0v) is 22.2. The zero-order valence-electron chi connectivity index (χ0n) is 21.4. The van der Waals surface area contributed by atoms with E-state index in [0.717, 1.165) is 37.7 Å². The van der Waals surface area contributed by atoms with Gasteiger partial charge in [0, 0.05) is 36.1 Å². The largest absolute Gasteiger partial charge is 0.384 e. The van der Waals surface area contributed by atoms with Crippen LogP contribution in [0.5, 0.6) is 0 Å². The van der Waals surface area contributed by atoms with Gasteiger partial charge in [0.15, 0.2) is 11.0 Å². The summed E-state index contributed by atoms with van der Waals surface area (Å²) in [5.74, 6) is -0.771. The van der Waals surface area contributed by atoms with Crippen molar-refractivity contribution in [1.82, 2.24) is 15.2 Å². The van der Waals surface area contributed by atoms with Crippen molar-refractivity contribution < 1.29 is 14.4 Å². The van der Waals surface area contributed by atoms with Gasteiger partial charge in [-0.1, -0.05) is 24.3 Å². The molecule has 3 rings (SSSR count). The Kier molecular flexibility index (Phi) is 10.8. The number of amides is 2. The van der Waals surface area contributed by atoms with Gasteiger partial charge in [0.2, 0.25) is 17.6 Å². The van der Waals surface area contributed by atoms with Crippen molar-refractivity contribution in [2.24, 2.45) is 28.1 Å². The van der Waals surface area contributed by atoms with Gasteiger partial charge in [0.05, 0.1) is 12.6 Å². The number of amidine groups is 1. The smallest absolute Gasteiger partial charge is 0.240 e. The molecule has 1 fully saturated rings. The fourth-order valence-corrected chi connectivity index (χ4v) is 5.16. The number of hydrogen-bond donors (Lipinski definition) is 5. The molecule has 0 spiro atoms. The highest BCUT2D eigenvalue weighted by atomic mass is 32.1. The van der Waals surface area contributed by atoms with Crippen molar-refractivity contribution in [3.05, 3.63) is 52.0 Å². The highest BCUT2D eigenvalue weighted by Crippen LogP contribution is 2.23. The van der Waals surface area contributed by atoms with Gasteiger partial charge in [0.1, 0.15) is 5.84 Å². The first-order valence-corrected chi connectivity index (χ1v) is 13.6. The van der Waals surface area contributed by atoms with E-state index in [9.17, 15) is 14.4 Å². The molecule has 204 valence electrons. The molecule has 0 saturated carbocycles. The molecule has 2 aromatic rings. The van der Waals surface area contributed by atoms with Crippen molar-refractivity contribution in [2.75, 3.05) is 19.6 Å². The molecule has 8 N–H and O–H groups in total. The van der Waals surface area contributed by atoms with Crippen molar-refractivity contribution >= 4 is 40.7 Å². The number of piperidine rings is 1. The predicted octanol–water partition coefficient (Wildman–Crippen LogP) is 1.41. The minimum atomic E-state index is -0.770. The van der Waals surface area contributed by atoms with Crippen molar-refractivity contribution in [1.29, 1.82) is 5.41 Å². The van der Waals surface area contributed by atoms with Gasteiger partial charge < -0.3 is 27.4 Å². The quantitative estimate of drug-likeness (QED) is 0.103. The number of nitrogens with one attached hydrogen (secondary N) is 2. The van der Waals surface area contributed by atoms with E-state index in [0.29, 0.717) is 36.5 Å². The number of ketones is 1. The number of nitrogens with two attached hydrogens (primary N) is 3. The Labute approximate surface area is 226 Å². The Morgan fingerprint density at radius 1 is 1.21 bits per heavy atom. The molecule has 2 atom stereocenters. The molecule has 0 radical (unpaired) electrons. The Hall–Kier alpha value is -3.80. The predicted molar refractivity (Wildman–Crippen MR) is 148 cm³/mol. The Morgan fingerprint density at radius 3 is 2.63 bits per heavy atom. The van der Waals surface area contributed by atoms with Crippen LogP contribution in [0.25, 0.3) is 0 Å². The second-order valence-corrected chi connectivity index (χ2v) is 10.3. The number of benzene rings is 1. The average Bonchev–Trinajstić information content (AvgIpc) is 3.43. The maximum absolute atomic E-state index is 13.1. The number of thiazole rings is 1. The van der Waals surface area contributed by atoms with Crippen LogP contribution in [0.3, 0.4) is 0 Å². The Bertz CT molecular complexity index is 1130. The summed E-state index contributed by atoms with van der Waals surface area (Å²) >= 11 is 1.22. The van der Waals surface area contributed by atoms with Gasteiger partial charge in [-0.25, -0.2) is 4.98 Å². The molecular weight excluding hydrogens is 504 g/mol. The zero-order chi connectivity index (χ0) is 27.5. The molecule has 12 heteroatoms. The fraction of sp³-hybridized carbons (Fsp3) is 0.462. The van der Waals surface area contributed by atoms with Gasteiger partial charge in [-0.3, -0.25) is 24.8 Å². The van der Waals surface area contributed by atoms with Crippen molar-refractivity contribution in [2.45, 2.75) is 51.0 Å². The SMILES string of the molecule is N=C(N)c1ccc(CCCC2CCCN(CC(=O)N[C@@H](CCCN=C(N)N)C(=O)c3nccs3)C2=O)cc1. The monoisotopic (exact) mass is 540 g/mol. The fourth-order valence-electron chi connectivity index (χ4n) is 4.53. The van der Waals surface area contributed by atoms with E-state index < -0.39 is 6.04 Å². The van der Waals surface area contributed by atoms with Crippen LogP contribution in [0.15, 0.2) is 40.8 Å². The molecule has 11 nitrogen and oxygen atoms in total. The van der Waals surface area contributed by atoms with E-state index >= 15 is 0 Å². The van der Waals surface area contributed by atoms with Crippen molar-refractivity contribution in [3.63, 3.8) is 0 Å². The van der Waals surface area contributed by atoms with Crippen LogP contribution < -0.4 is 22.5 Å². The lowest BCUT2D eigenvalue weighted by molar-refractivity contribution is -0.142. The molecule has 0 bridgehead atoms. The third kappa shape index (κ3) is 8.65. The lowest BCUT2D eigenvalue weighted by atomic mass is 9.91. The number of nitrogen functional groups attached to an aromatic ring is 1. The second-order valence-electron chi connectivity index (χ2n) is 9.37. The molecule has 1 aliphatic heterocycles. The minimum absolute atomic E-state index is 0.0196. The number of guanidine groups is 1. The average molecular weight is 541 g/mol. The molecule has 1 saturated heterocycles. The maximum Gasteiger partial charge on any atom is 0.240 e. The standard InChI is InChI=1S/C26H36N8O3S/c27-23(28)18-10-8-17(9-11-18)4-1-5-19-6-3-14-34(25(19)37)16-21(35)33-20(7-2-12-32-26(29)30)22(36)24-31-13-15-38-24/h8-11,13,15,19-20H,1-7,12,14,16H2,(H3,27,28)(H,33,35)(H4,29,30,32)/t19?,20-/m0/s1. The molecule has 1 unspecified atom stereocenters. The molecule has 2 heterocycles. The van der Waals surface area contributed by atoms with E-state index in [-0.39, 0.29) is 41.9 Å². The summed E-state index contributed by atoms with van der Waals surface area (Å²) < 4.78 is 0. The van der Waals surface area contributed by atoms with Crippen LogP contribution >= 0.6 is 11.3 Å². The first-order chi connectivity index (χ1) is 18.2.